The minimum absolute atomic E-state index is 0.882. The summed E-state index contributed by atoms with van der Waals surface area (Å²) in [4.78, 5) is 0. The first-order valence-corrected chi connectivity index (χ1v) is 5.56. The molecule has 1 heteroatoms. The molecule has 0 aromatic rings. The van der Waals surface area contributed by atoms with E-state index in [0.717, 1.165) is 18.4 Å². The summed E-state index contributed by atoms with van der Waals surface area (Å²) >= 11 is 0. The van der Waals surface area contributed by atoms with Gasteiger partial charge in [0, 0.05) is 0 Å². The van der Waals surface area contributed by atoms with E-state index in [1.165, 1.54) is 44.9 Å². The number of hydrogen-bond donors (Lipinski definition) is 1. The molecule has 0 spiro atoms. The molecule has 72 valence electrons. The summed E-state index contributed by atoms with van der Waals surface area (Å²) in [6.07, 6.45) is 9.91. The lowest BCUT2D eigenvalue weighted by Crippen LogP contribution is -2.16. The highest BCUT2D eigenvalue weighted by Crippen LogP contribution is 2.33. The van der Waals surface area contributed by atoms with Gasteiger partial charge in [0.25, 0.3) is 0 Å². The molecule has 0 radical (unpaired) electrons. The van der Waals surface area contributed by atoms with Gasteiger partial charge in [-0.1, -0.05) is 32.6 Å². The summed E-state index contributed by atoms with van der Waals surface area (Å²) in [6, 6.07) is 0. The number of hydrogen-bond acceptors (Lipinski definition) is 1. The monoisotopic (exact) mass is 169 g/mol. The third kappa shape index (κ3) is 3.14. The predicted molar refractivity (Wildman–Crippen MR) is 54.0 cm³/mol. The lowest BCUT2D eigenvalue weighted by Gasteiger charge is -2.28. The van der Waals surface area contributed by atoms with Gasteiger partial charge in [0.2, 0.25) is 0 Å². The van der Waals surface area contributed by atoms with Gasteiger partial charge in [-0.25, -0.2) is 0 Å². The second-order valence-corrected chi connectivity index (χ2v) is 4.24. The van der Waals surface area contributed by atoms with Crippen molar-refractivity contribution in [2.75, 3.05) is 6.54 Å². The highest BCUT2D eigenvalue weighted by molar-refractivity contribution is 4.72. The predicted octanol–water partition coefficient (Wildman–Crippen LogP) is 2.94. The molecule has 12 heavy (non-hydrogen) atoms. The van der Waals surface area contributed by atoms with Crippen molar-refractivity contribution in [2.24, 2.45) is 17.6 Å². The van der Waals surface area contributed by atoms with E-state index in [9.17, 15) is 0 Å². The van der Waals surface area contributed by atoms with Gasteiger partial charge in [-0.3, -0.25) is 0 Å². The Kier molecular flexibility index (Phi) is 4.67. The van der Waals surface area contributed by atoms with Crippen molar-refractivity contribution in [3.8, 4) is 0 Å². The highest BCUT2D eigenvalue weighted by Gasteiger charge is 2.19. The standard InChI is InChI=1S/C11H23N/c1-2-10-5-3-6-11(9-10)7-4-8-12/h10-11H,2-9,12H2,1H3. The lowest BCUT2D eigenvalue weighted by atomic mass is 9.78. The maximum absolute atomic E-state index is 5.51. The number of rotatable bonds is 4. The first-order chi connectivity index (χ1) is 5.86. The third-order valence-electron chi connectivity index (χ3n) is 3.29. The molecule has 0 aromatic carbocycles. The van der Waals surface area contributed by atoms with E-state index in [-0.39, 0.29) is 0 Å². The molecule has 1 aliphatic rings. The molecule has 0 amide bonds. The van der Waals surface area contributed by atoms with Gasteiger partial charge in [-0.05, 0) is 37.6 Å². The largest absolute Gasteiger partial charge is 0.330 e. The van der Waals surface area contributed by atoms with Gasteiger partial charge >= 0.3 is 0 Å². The average molecular weight is 169 g/mol. The topological polar surface area (TPSA) is 26.0 Å². The molecule has 0 saturated heterocycles. The van der Waals surface area contributed by atoms with Crippen molar-refractivity contribution in [1.82, 2.24) is 0 Å². The van der Waals surface area contributed by atoms with E-state index in [2.05, 4.69) is 6.92 Å². The minimum Gasteiger partial charge on any atom is -0.330 e. The van der Waals surface area contributed by atoms with Gasteiger partial charge in [-0.2, -0.15) is 0 Å². The maximum atomic E-state index is 5.51. The fourth-order valence-electron chi connectivity index (χ4n) is 2.44. The Hall–Kier alpha value is -0.0400. The van der Waals surface area contributed by atoms with Crippen LogP contribution in [0.1, 0.15) is 51.9 Å². The molecule has 1 nitrogen and oxygen atoms in total. The fourth-order valence-corrected chi connectivity index (χ4v) is 2.44. The Morgan fingerprint density at radius 2 is 2.00 bits per heavy atom. The van der Waals surface area contributed by atoms with E-state index in [0.29, 0.717) is 0 Å². The van der Waals surface area contributed by atoms with Crippen LogP contribution in [0.3, 0.4) is 0 Å². The molecule has 2 unspecified atom stereocenters. The zero-order valence-corrected chi connectivity index (χ0v) is 8.39. The van der Waals surface area contributed by atoms with Gasteiger partial charge < -0.3 is 5.73 Å². The third-order valence-corrected chi connectivity index (χ3v) is 3.29. The van der Waals surface area contributed by atoms with Crippen LogP contribution in [0.5, 0.6) is 0 Å². The van der Waals surface area contributed by atoms with Crippen LogP contribution in [-0.2, 0) is 0 Å². The highest BCUT2D eigenvalue weighted by atomic mass is 14.5. The molecular formula is C11H23N. The number of nitrogens with two attached hydrogens (primary N) is 1. The van der Waals surface area contributed by atoms with Crippen molar-refractivity contribution in [3.05, 3.63) is 0 Å². The molecular weight excluding hydrogens is 146 g/mol. The van der Waals surface area contributed by atoms with Gasteiger partial charge in [0.05, 0.1) is 0 Å². The second-order valence-electron chi connectivity index (χ2n) is 4.24. The molecule has 0 aliphatic heterocycles. The summed E-state index contributed by atoms with van der Waals surface area (Å²) in [5.74, 6) is 2.04. The SMILES string of the molecule is CCC1CCCC(CCCN)C1. The Labute approximate surface area is 76.7 Å². The van der Waals surface area contributed by atoms with Crippen molar-refractivity contribution < 1.29 is 0 Å². The zero-order chi connectivity index (χ0) is 8.81. The first kappa shape index (κ1) is 10.0. The van der Waals surface area contributed by atoms with E-state index in [1.807, 2.05) is 0 Å². The van der Waals surface area contributed by atoms with E-state index < -0.39 is 0 Å². The van der Waals surface area contributed by atoms with Crippen LogP contribution in [-0.4, -0.2) is 6.54 Å². The Bertz CT molecular complexity index is 112. The summed E-state index contributed by atoms with van der Waals surface area (Å²) in [5, 5.41) is 0. The molecule has 0 aromatic heterocycles. The van der Waals surface area contributed by atoms with Crippen LogP contribution in [0.4, 0.5) is 0 Å². The summed E-state index contributed by atoms with van der Waals surface area (Å²) in [6.45, 7) is 3.21. The van der Waals surface area contributed by atoms with Gasteiger partial charge in [0.1, 0.15) is 0 Å². The van der Waals surface area contributed by atoms with Crippen LogP contribution in [0.15, 0.2) is 0 Å². The molecule has 1 aliphatic carbocycles. The van der Waals surface area contributed by atoms with E-state index in [4.69, 9.17) is 5.73 Å². The summed E-state index contributed by atoms with van der Waals surface area (Å²) in [5.41, 5.74) is 5.51. The molecule has 2 N–H and O–H groups in total. The quantitative estimate of drug-likeness (QED) is 0.688. The van der Waals surface area contributed by atoms with E-state index in [1.54, 1.807) is 0 Å². The van der Waals surface area contributed by atoms with E-state index >= 15 is 0 Å². The second kappa shape index (κ2) is 5.58. The van der Waals surface area contributed by atoms with Gasteiger partial charge in [0.15, 0.2) is 0 Å². The average Bonchev–Trinajstić information content (AvgIpc) is 2.15. The Balaban J connectivity index is 2.16. The molecule has 0 heterocycles. The maximum Gasteiger partial charge on any atom is -0.00772 e. The van der Waals surface area contributed by atoms with Crippen LogP contribution < -0.4 is 5.73 Å². The van der Waals surface area contributed by atoms with Crippen molar-refractivity contribution in [1.29, 1.82) is 0 Å². The molecule has 1 rings (SSSR count). The fraction of sp³-hybridized carbons (Fsp3) is 1.00. The van der Waals surface area contributed by atoms with Crippen LogP contribution in [0.2, 0.25) is 0 Å². The molecule has 1 fully saturated rings. The van der Waals surface area contributed by atoms with Gasteiger partial charge in [-0.15, -0.1) is 0 Å². The normalized spacial score (nSPS) is 30.5. The molecule has 0 bridgehead atoms. The zero-order valence-electron chi connectivity index (χ0n) is 8.39. The van der Waals surface area contributed by atoms with Crippen molar-refractivity contribution in [2.45, 2.75) is 51.9 Å². The summed E-state index contributed by atoms with van der Waals surface area (Å²) < 4.78 is 0. The van der Waals surface area contributed by atoms with Crippen molar-refractivity contribution >= 4 is 0 Å². The smallest absolute Gasteiger partial charge is 0.00772 e. The lowest BCUT2D eigenvalue weighted by molar-refractivity contribution is 0.247. The summed E-state index contributed by atoms with van der Waals surface area (Å²) in [7, 11) is 0. The van der Waals surface area contributed by atoms with Crippen LogP contribution in [0.25, 0.3) is 0 Å². The minimum atomic E-state index is 0.882. The Morgan fingerprint density at radius 3 is 2.67 bits per heavy atom. The van der Waals surface area contributed by atoms with Crippen LogP contribution in [0, 0.1) is 11.8 Å². The Morgan fingerprint density at radius 1 is 1.25 bits per heavy atom. The molecule has 2 atom stereocenters. The van der Waals surface area contributed by atoms with Crippen LogP contribution >= 0.6 is 0 Å². The van der Waals surface area contributed by atoms with Crippen molar-refractivity contribution in [3.63, 3.8) is 0 Å². The first-order valence-electron chi connectivity index (χ1n) is 5.56. The molecule has 1 saturated carbocycles.